The fraction of sp³-hybridized carbons (Fsp3) is 0.235. The van der Waals surface area contributed by atoms with Crippen molar-refractivity contribution in [3.8, 4) is 22.9 Å². The Morgan fingerprint density at radius 3 is 2.05 bits per heavy atom. The van der Waals surface area contributed by atoms with Crippen LogP contribution in [0.3, 0.4) is 0 Å². The van der Waals surface area contributed by atoms with Gasteiger partial charge in [0.2, 0.25) is 0 Å². The highest BCUT2D eigenvalue weighted by Crippen LogP contribution is 2.22. The zero-order valence-electron chi connectivity index (χ0n) is 11.7. The summed E-state index contributed by atoms with van der Waals surface area (Å²) in [7, 11) is 0. The molecule has 4 heteroatoms. The molecule has 0 heterocycles. The van der Waals surface area contributed by atoms with Crippen LogP contribution in [0.15, 0.2) is 48.5 Å². The molecule has 0 bridgehead atoms. The maximum Gasteiger partial charge on any atom is 0.119 e. The lowest BCUT2D eigenvalue weighted by Crippen LogP contribution is -2.08. The second-order valence-corrected chi connectivity index (χ2v) is 4.40. The lowest BCUT2D eigenvalue weighted by molar-refractivity contribution is 0.0705. The molecule has 4 nitrogen and oxygen atoms in total. The van der Waals surface area contributed by atoms with E-state index in [4.69, 9.17) is 19.8 Å². The molecule has 0 unspecified atom stereocenters. The van der Waals surface area contributed by atoms with E-state index >= 15 is 0 Å². The Balaban J connectivity index is 1.90. The zero-order valence-corrected chi connectivity index (χ0v) is 11.7. The number of hydrogen-bond donors (Lipinski definition) is 1. The number of hydrogen-bond acceptors (Lipinski definition) is 4. The van der Waals surface area contributed by atoms with Gasteiger partial charge in [0.05, 0.1) is 31.5 Å². The summed E-state index contributed by atoms with van der Waals surface area (Å²) in [6.45, 7) is 1.27. The van der Waals surface area contributed by atoms with Crippen LogP contribution in [0.1, 0.15) is 5.56 Å². The van der Waals surface area contributed by atoms with Crippen LogP contribution in [-0.2, 0) is 4.74 Å². The number of nitriles is 1. The molecule has 0 aromatic heterocycles. The molecule has 0 fully saturated rings. The van der Waals surface area contributed by atoms with Crippen LogP contribution in [0.25, 0.3) is 11.1 Å². The first kappa shape index (κ1) is 15.0. The Hall–Kier alpha value is -2.35. The second-order valence-electron chi connectivity index (χ2n) is 4.40. The third-order valence-corrected chi connectivity index (χ3v) is 2.93. The van der Waals surface area contributed by atoms with E-state index in [9.17, 15) is 0 Å². The van der Waals surface area contributed by atoms with E-state index in [2.05, 4.69) is 6.07 Å². The van der Waals surface area contributed by atoms with Gasteiger partial charge in [-0.1, -0.05) is 24.3 Å². The van der Waals surface area contributed by atoms with Gasteiger partial charge in [-0.05, 0) is 35.4 Å². The molecule has 2 aromatic carbocycles. The number of aliphatic hydroxyl groups excluding tert-OH is 1. The number of benzene rings is 2. The number of rotatable bonds is 7. The van der Waals surface area contributed by atoms with Crippen molar-refractivity contribution in [2.45, 2.75) is 0 Å². The van der Waals surface area contributed by atoms with E-state index in [-0.39, 0.29) is 6.61 Å². The van der Waals surface area contributed by atoms with Gasteiger partial charge in [0.1, 0.15) is 12.4 Å². The number of ether oxygens (including phenoxy) is 2. The average molecular weight is 283 g/mol. The molecule has 0 aliphatic carbocycles. The molecule has 0 saturated carbocycles. The second kappa shape index (κ2) is 8.05. The first-order valence-electron chi connectivity index (χ1n) is 6.75. The van der Waals surface area contributed by atoms with Crippen molar-refractivity contribution < 1.29 is 14.6 Å². The highest BCUT2D eigenvalue weighted by atomic mass is 16.5. The van der Waals surface area contributed by atoms with E-state index in [0.29, 0.717) is 25.4 Å². The maximum atomic E-state index is 8.78. The minimum Gasteiger partial charge on any atom is -0.491 e. The van der Waals surface area contributed by atoms with Gasteiger partial charge in [-0.15, -0.1) is 0 Å². The monoisotopic (exact) mass is 283 g/mol. The van der Waals surface area contributed by atoms with E-state index in [1.807, 2.05) is 36.4 Å². The summed E-state index contributed by atoms with van der Waals surface area (Å²) in [5.41, 5.74) is 2.79. The molecule has 0 amide bonds. The summed E-state index contributed by atoms with van der Waals surface area (Å²) in [4.78, 5) is 0. The molecule has 0 aliphatic heterocycles. The SMILES string of the molecule is N#Cc1ccc(-c2ccc(OCCOCCO)cc2)cc1. The highest BCUT2D eigenvalue weighted by Gasteiger charge is 1.99. The van der Waals surface area contributed by atoms with Crippen LogP contribution in [0.5, 0.6) is 5.75 Å². The Morgan fingerprint density at radius 1 is 0.857 bits per heavy atom. The van der Waals surface area contributed by atoms with Gasteiger partial charge in [-0.25, -0.2) is 0 Å². The minimum absolute atomic E-state index is 0.0271. The van der Waals surface area contributed by atoms with Crippen molar-refractivity contribution in [1.82, 2.24) is 0 Å². The van der Waals surface area contributed by atoms with E-state index in [1.165, 1.54) is 0 Å². The zero-order chi connectivity index (χ0) is 14.9. The van der Waals surface area contributed by atoms with Crippen LogP contribution in [0.2, 0.25) is 0 Å². The third-order valence-electron chi connectivity index (χ3n) is 2.93. The minimum atomic E-state index is 0.0271. The highest BCUT2D eigenvalue weighted by molar-refractivity contribution is 5.64. The van der Waals surface area contributed by atoms with Gasteiger partial charge < -0.3 is 14.6 Å². The summed E-state index contributed by atoms with van der Waals surface area (Å²) in [5.74, 6) is 0.778. The summed E-state index contributed by atoms with van der Waals surface area (Å²) < 4.78 is 10.6. The van der Waals surface area contributed by atoms with Crippen LogP contribution in [0.4, 0.5) is 0 Å². The third kappa shape index (κ3) is 4.60. The standard InChI is InChI=1S/C17H17NO3/c18-13-14-1-3-15(4-2-14)16-5-7-17(8-6-16)21-12-11-20-10-9-19/h1-8,19H,9-12H2. The smallest absolute Gasteiger partial charge is 0.119 e. The van der Waals surface area contributed by atoms with Crippen molar-refractivity contribution in [2.24, 2.45) is 0 Å². The Morgan fingerprint density at radius 2 is 1.48 bits per heavy atom. The summed E-state index contributed by atoms with van der Waals surface area (Å²) in [6, 6.07) is 17.3. The summed E-state index contributed by atoms with van der Waals surface area (Å²) in [5, 5.41) is 17.4. The van der Waals surface area contributed by atoms with Crippen molar-refractivity contribution in [3.05, 3.63) is 54.1 Å². The fourth-order valence-corrected chi connectivity index (χ4v) is 1.87. The summed E-state index contributed by atoms with van der Waals surface area (Å²) >= 11 is 0. The van der Waals surface area contributed by atoms with E-state index in [1.54, 1.807) is 12.1 Å². The molecular formula is C17H17NO3. The van der Waals surface area contributed by atoms with Crippen LogP contribution >= 0.6 is 0 Å². The number of aliphatic hydroxyl groups is 1. The van der Waals surface area contributed by atoms with Crippen LogP contribution in [-0.4, -0.2) is 31.5 Å². The van der Waals surface area contributed by atoms with Gasteiger partial charge in [0.25, 0.3) is 0 Å². The van der Waals surface area contributed by atoms with Gasteiger partial charge in [0.15, 0.2) is 0 Å². The molecule has 2 aromatic rings. The molecule has 0 aliphatic rings. The fourth-order valence-electron chi connectivity index (χ4n) is 1.87. The van der Waals surface area contributed by atoms with Crippen LogP contribution in [0, 0.1) is 11.3 Å². The lowest BCUT2D eigenvalue weighted by Gasteiger charge is -2.08. The average Bonchev–Trinajstić information content (AvgIpc) is 2.55. The molecule has 0 spiro atoms. The molecule has 0 atom stereocenters. The molecule has 2 rings (SSSR count). The van der Waals surface area contributed by atoms with Crippen molar-refractivity contribution in [2.75, 3.05) is 26.4 Å². The maximum absolute atomic E-state index is 8.78. The van der Waals surface area contributed by atoms with Gasteiger partial charge >= 0.3 is 0 Å². The Kier molecular flexibility index (Phi) is 5.77. The Labute approximate surface area is 124 Å². The predicted octanol–water partition coefficient (Wildman–Crippen LogP) is 2.61. The van der Waals surface area contributed by atoms with Crippen molar-refractivity contribution in [1.29, 1.82) is 5.26 Å². The predicted molar refractivity (Wildman–Crippen MR) is 80.0 cm³/mol. The van der Waals surface area contributed by atoms with E-state index < -0.39 is 0 Å². The molecule has 0 radical (unpaired) electrons. The van der Waals surface area contributed by atoms with Crippen molar-refractivity contribution >= 4 is 0 Å². The first-order valence-corrected chi connectivity index (χ1v) is 6.75. The van der Waals surface area contributed by atoms with Gasteiger partial charge in [-0.3, -0.25) is 0 Å². The van der Waals surface area contributed by atoms with E-state index in [0.717, 1.165) is 16.9 Å². The largest absolute Gasteiger partial charge is 0.491 e. The molecule has 108 valence electrons. The molecule has 21 heavy (non-hydrogen) atoms. The van der Waals surface area contributed by atoms with Crippen LogP contribution < -0.4 is 4.74 Å². The Bertz CT molecular complexity index is 585. The molecule has 1 N–H and O–H groups in total. The quantitative estimate of drug-likeness (QED) is 0.793. The summed E-state index contributed by atoms with van der Waals surface area (Å²) in [6.07, 6.45) is 0. The molecule has 0 saturated heterocycles. The number of nitrogens with zero attached hydrogens (tertiary/aromatic N) is 1. The van der Waals surface area contributed by atoms with Gasteiger partial charge in [0, 0.05) is 0 Å². The lowest BCUT2D eigenvalue weighted by atomic mass is 10.0. The molecular weight excluding hydrogens is 266 g/mol. The van der Waals surface area contributed by atoms with Crippen molar-refractivity contribution in [3.63, 3.8) is 0 Å². The topological polar surface area (TPSA) is 62.5 Å². The first-order chi connectivity index (χ1) is 10.3. The van der Waals surface area contributed by atoms with Gasteiger partial charge in [-0.2, -0.15) is 5.26 Å². The normalized spacial score (nSPS) is 10.1.